The van der Waals surface area contributed by atoms with Gasteiger partial charge in [-0.25, -0.2) is 0 Å². The van der Waals surface area contributed by atoms with E-state index in [0.717, 1.165) is 23.8 Å². The zero-order chi connectivity index (χ0) is 11.1. The maximum Gasteiger partial charge on any atom is 0.0585 e. The number of aliphatic hydroxyl groups excluding tert-OH is 1. The smallest absolute Gasteiger partial charge is 0.0585 e. The van der Waals surface area contributed by atoms with Crippen molar-refractivity contribution in [2.24, 2.45) is 0 Å². The molecule has 0 aromatic heterocycles. The second kappa shape index (κ2) is 8.25. The van der Waals surface area contributed by atoms with Crippen molar-refractivity contribution in [3.05, 3.63) is 9.66 Å². The molecule has 1 nitrogen and oxygen atoms in total. The van der Waals surface area contributed by atoms with E-state index in [1.54, 1.807) is 0 Å². The van der Waals surface area contributed by atoms with E-state index in [2.05, 4.69) is 52.2 Å². The fraction of sp³-hybridized carbons (Fsp3) is 0.818. The minimum absolute atomic E-state index is 0.142. The van der Waals surface area contributed by atoms with Crippen molar-refractivity contribution in [1.82, 2.24) is 0 Å². The summed E-state index contributed by atoms with van der Waals surface area (Å²) in [6.45, 7) is 2.03. The van der Waals surface area contributed by atoms with Gasteiger partial charge in [-0.2, -0.15) is 0 Å². The van der Waals surface area contributed by atoms with Gasteiger partial charge in [-0.1, -0.05) is 6.08 Å². The summed E-state index contributed by atoms with van der Waals surface area (Å²) in [6, 6.07) is 0. The molecule has 0 aliphatic carbocycles. The molecule has 1 unspecified atom stereocenters. The molecule has 1 heterocycles. The van der Waals surface area contributed by atoms with E-state index >= 15 is 0 Å². The summed E-state index contributed by atoms with van der Waals surface area (Å²) in [6.07, 6.45) is 6.23. The van der Waals surface area contributed by atoms with Gasteiger partial charge in [0.2, 0.25) is 0 Å². The highest BCUT2D eigenvalue weighted by Gasteiger charge is 2.16. The molecule has 4 heteroatoms. The molecule has 0 spiro atoms. The summed E-state index contributed by atoms with van der Waals surface area (Å²) in [5, 5.41) is 9.82. The fourth-order valence-electron chi connectivity index (χ4n) is 1.48. The highest BCUT2D eigenvalue weighted by atomic mass is 127. The van der Waals surface area contributed by atoms with Crippen LogP contribution in [-0.2, 0) is 0 Å². The minimum atomic E-state index is -0.142. The lowest BCUT2D eigenvalue weighted by Crippen LogP contribution is -2.12. The van der Waals surface area contributed by atoms with Crippen LogP contribution in [0.3, 0.4) is 0 Å². The fourth-order valence-corrected chi connectivity index (χ4v) is 4.88. The number of rotatable bonds is 5. The first-order chi connectivity index (χ1) is 7.22. The van der Waals surface area contributed by atoms with Gasteiger partial charge in [0.15, 0.2) is 0 Å². The van der Waals surface area contributed by atoms with Gasteiger partial charge < -0.3 is 5.11 Å². The molecule has 1 aliphatic rings. The molecule has 1 fully saturated rings. The van der Waals surface area contributed by atoms with Gasteiger partial charge in [0.25, 0.3) is 0 Å². The zero-order valence-electron chi connectivity index (χ0n) is 9.12. The van der Waals surface area contributed by atoms with E-state index in [9.17, 15) is 5.11 Å². The highest BCUT2D eigenvalue weighted by molar-refractivity contribution is 14.1. The molecule has 0 saturated carbocycles. The molecule has 88 valence electrons. The van der Waals surface area contributed by atoms with E-state index in [1.807, 2.05) is 6.92 Å². The third-order valence-corrected chi connectivity index (χ3v) is 6.52. The third-order valence-electron chi connectivity index (χ3n) is 2.38. The first-order valence-corrected chi connectivity index (χ1v) is 8.62. The van der Waals surface area contributed by atoms with Gasteiger partial charge in [0.1, 0.15) is 0 Å². The van der Waals surface area contributed by atoms with Gasteiger partial charge in [-0.05, 0) is 63.9 Å². The largest absolute Gasteiger partial charge is 0.393 e. The van der Waals surface area contributed by atoms with E-state index in [1.165, 1.54) is 21.5 Å². The Bertz CT molecular complexity index is 203. The summed E-state index contributed by atoms with van der Waals surface area (Å²) >= 11 is 6.44. The van der Waals surface area contributed by atoms with Crippen molar-refractivity contribution in [3.8, 4) is 0 Å². The second-order valence-corrected chi connectivity index (χ2v) is 8.00. The van der Waals surface area contributed by atoms with Crippen LogP contribution in [0.4, 0.5) is 0 Å². The monoisotopic (exact) mass is 358 g/mol. The number of hydrogen-bond acceptors (Lipinski definition) is 3. The zero-order valence-corrected chi connectivity index (χ0v) is 12.9. The van der Waals surface area contributed by atoms with Crippen LogP contribution >= 0.6 is 46.1 Å². The predicted molar refractivity (Wildman–Crippen MR) is 81.0 cm³/mol. The lowest BCUT2D eigenvalue weighted by atomic mass is 10.1. The van der Waals surface area contributed by atoms with Crippen LogP contribution in [0.2, 0.25) is 0 Å². The number of halogens is 1. The normalized spacial score (nSPS) is 21.7. The summed E-state index contributed by atoms with van der Waals surface area (Å²) in [4.78, 5) is 0. The van der Waals surface area contributed by atoms with Gasteiger partial charge in [0.05, 0.1) is 10.7 Å². The lowest BCUT2D eigenvalue weighted by molar-refractivity contribution is 0.166. The van der Waals surface area contributed by atoms with Crippen molar-refractivity contribution in [2.75, 3.05) is 11.5 Å². The Balaban J connectivity index is 2.12. The first kappa shape index (κ1) is 14.2. The van der Waals surface area contributed by atoms with E-state index in [4.69, 9.17) is 0 Å². The van der Waals surface area contributed by atoms with Crippen LogP contribution in [0.1, 0.15) is 32.6 Å². The average Bonchev–Trinajstić information content (AvgIpc) is 2.27. The summed E-state index contributed by atoms with van der Waals surface area (Å²) in [5.41, 5.74) is 0. The van der Waals surface area contributed by atoms with Crippen molar-refractivity contribution in [1.29, 1.82) is 0 Å². The summed E-state index contributed by atoms with van der Waals surface area (Å²) in [7, 11) is 0. The van der Waals surface area contributed by atoms with E-state index in [0.29, 0.717) is 0 Å². The molecule has 0 radical (unpaired) electrons. The molecule has 0 aromatic carbocycles. The standard InChI is InChI=1S/C11H19IOS2/c1-2-9(12)8-10(13)4-5-11-14-6-3-7-15-11/h2,10-11,13H,3-8H2,1H3/b9-2-. The molecular formula is C11H19IOS2. The Morgan fingerprint density at radius 2 is 2.20 bits per heavy atom. The molecule has 15 heavy (non-hydrogen) atoms. The highest BCUT2D eigenvalue weighted by Crippen LogP contribution is 2.34. The molecule has 1 aliphatic heterocycles. The molecule has 1 saturated heterocycles. The van der Waals surface area contributed by atoms with Gasteiger partial charge in [0, 0.05) is 6.42 Å². The van der Waals surface area contributed by atoms with Gasteiger partial charge in [-0.3, -0.25) is 0 Å². The maximum atomic E-state index is 9.82. The van der Waals surface area contributed by atoms with Gasteiger partial charge in [-0.15, -0.1) is 23.5 Å². The molecule has 0 aromatic rings. The topological polar surface area (TPSA) is 20.2 Å². The minimum Gasteiger partial charge on any atom is -0.393 e. The Morgan fingerprint density at radius 3 is 2.80 bits per heavy atom. The van der Waals surface area contributed by atoms with Crippen molar-refractivity contribution in [2.45, 2.75) is 43.3 Å². The molecule has 1 atom stereocenters. The molecule has 1 N–H and O–H groups in total. The Labute approximate surface area is 115 Å². The SMILES string of the molecule is C/C=C(\I)CC(O)CCC1SCCCS1. The maximum absolute atomic E-state index is 9.82. The van der Waals surface area contributed by atoms with Gasteiger partial charge >= 0.3 is 0 Å². The average molecular weight is 358 g/mol. The Hall–Kier alpha value is 1.13. The summed E-state index contributed by atoms with van der Waals surface area (Å²) in [5.74, 6) is 2.61. The Morgan fingerprint density at radius 1 is 1.53 bits per heavy atom. The van der Waals surface area contributed by atoms with Crippen LogP contribution in [0.15, 0.2) is 9.66 Å². The van der Waals surface area contributed by atoms with Crippen molar-refractivity contribution < 1.29 is 5.11 Å². The molecule has 1 rings (SSSR count). The predicted octanol–water partition coefficient (Wildman–Crippen LogP) is 4.05. The quantitative estimate of drug-likeness (QED) is 0.749. The molecular weight excluding hydrogens is 339 g/mol. The number of allylic oxidation sites excluding steroid dienone is 1. The number of aliphatic hydroxyl groups is 1. The van der Waals surface area contributed by atoms with Crippen molar-refractivity contribution >= 4 is 46.1 Å². The van der Waals surface area contributed by atoms with Crippen LogP contribution in [-0.4, -0.2) is 27.3 Å². The first-order valence-electron chi connectivity index (χ1n) is 5.44. The molecule has 0 amide bonds. The van der Waals surface area contributed by atoms with E-state index in [-0.39, 0.29) is 6.10 Å². The van der Waals surface area contributed by atoms with E-state index < -0.39 is 0 Å². The number of hydrogen-bond donors (Lipinski definition) is 1. The van der Waals surface area contributed by atoms with Crippen LogP contribution < -0.4 is 0 Å². The summed E-state index contributed by atoms with van der Waals surface area (Å²) < 4.78 is 2.00. The second-order valence-electron chi connectivity index (χ2n) is 3.70. The van der Waals surface area contributed by atoms with Crippen molar-refractivity contribution in [3.63, 3.8) is 0 Å². The van der Waals surface area contributed by atoms with Crippen LogP contribution in [0.25, 0.3) is 0 Å². The Kier molecular flexibility index (Phi) is 7.81. The lowest BCUT2D eigenvalue weighted by Gasteiger charge is -2.21. The van der Waals surface area contributed by atoms with Crippen LogP contribution in [0, 0.1) is 0 Å². The molecule has 0 bridgehead atoms. The third kappa shape index (κ3) is 6.44. The van der Waals surface area contributed by atoms with Crippen LogP contribution in [0.5, 0.6) is 0 Å². The number of thioether (sulfide) groups is 2.